The zero-order valence-electron chi connectivity index (χ0n) is 12.6. The Balaban J connectivity index is 2.08. The summed E-state index contributed by atoms with van der Waals surface area (Å²) in [5.74, 6) is -0.0939. The molecule has 0 N–H and O–H groups in total. The Hall–Kier alpha value is -2.19. The molecule has 3 rings (SSSR count). The number of benzene rings is 2. The number of pyridine rings is 1. The zero-order chi connectivity index (χ0) is 15.7. The van der Waals surface area contributed by atoms with Gasteiger partial charge in [-0.1, -0.05) is 54.4 Å². The maximum atomic E-state index is 12.7. The number of rotatable bonds is 3. The Morgan fingerprint density at radius 3 is 2.55 bits per heavy atom. The van der Waals surface area contributed by atoms with Crippen molar-refractivity contribution in [3.63, 3.8) is 0 Å². The number of hydrogen-bond acceptors (Lipinski definition) is 2. The van der Waals surface area contributed by atoms with Crippen LogP contribution in [-0.4, -0.2) is 10.8 Å². The third kappa shape index (κ3) is 2.62. The topological polar surface area (TPSA) is 30.0 Å². The minimum absolute atomic E-state index is 0.0939. The lowest BCUT2D eigenvalue weighted by molar-refractivity contribution is 0.103. The number of fused-ring (bicyclic) bond motifs is 1. The molecule has 0 amide bonds. The first-order chi connectivity index (χ1) is 10.6. The minimum atomic E-state index is -0.0939. The van der Waals surface area contributed by atoms with E-state index in [1.165, 1.54) is 5.56 Å². The molecule has 2 nitrogen and oxygen atoms in total. The minimum Gasteiger partial charge on any atom is -0.288 e. The van der Waals surface area contributed by atoms with Gasteiger partial charge in [0.25, 0.3) is 0 Å². The fourth-order valence-electron chi connectivity index (χ4n) is 2.48. The van der Waals surface area contributed by atoms with Crippen LogP contribution < -0.4 is 0 Å². The molecule has 3 aromatic rings. The normalized spacial score (nSPS) is 10.9. The highest BCUT2D eigenvalue weighted by Gasteiger charge is 2.16. The van der Waals surface area contributed by atoms with Crippen LogP contribution in [-0.2, 0) is 6.42 Å². The SMILES string of the molecule is CCc1ccc(C(=O)c2cnc3ccc(C)cc3c2Cl)cc1. The van der Waals surface area contributed by atoms with Crippen molar-refractivity contribution >= 4 is 28.3 Å². The number of hydrogen-bond donors (Lipinski definition) is 0. The van der Waals surface area contributed by atoms with Crippen LogP contribution in [0.5, 0.6) is 0 Å². The quantitative estimate of drug-likeness (QED) is 0.638. The van der Waals surface area contributed by atoms with E-state index in [1.54, 1.807) is 6.20 Å². The molecule has 0 spiro atoms. The molecule has 0 saturated carbocycles. The summed E-state index contributed by atoms with van der Waals surface area (Å²) in [6, 6.07) is 13.5. The molecule has 1 heterocycles. The molecule has 0 fully saturated rings. The molecule has 2 aromatic carbocycles. The Morgan fingerprint density at radius 2 is 1.86 bits per heavy atom. The van der Waals surface area contributed by atoms with E-state index in [0.29, 0.717) is 16.1 Å². The molecule has 1 aromatic heterocycles. The largest absolute Gasteiger partial charge is 0.288 e. The van der Waals surface area contributed by atoms with Crippen molar-refractivity contribution < 1.29 is 4.79 Å². The lowest BCUT2D eigenvalue weighted by Crippen LogP contribution is -2.03. The first-order valence-electron chi connectivity index (χ1n) is 7.28. The molecule has 22 heavy (non-hydrogen) atoms. The number of carbonyl (C=O) groups excluding carboxylic acids is 1. The first kappa shape index (κ1) is 14.7. The molecular formula is C19H16ClNO. The van der Waals surface area contributed by atoms with E-state index >= 15 is 0 Å². The van der Waals surface area contributed by atoms with Crippen molar-refractivity contribution in [3.8, 4) is 0 Å². The zero-order valence-corrected chi connectivity index (χ0v) is 13.3. The predicted molar refractivity (Wildman–Crippen MR) is 90.7 cm³/mol. The number of aryl methyl sites for hydroxylation is 2. The molecule has 0 aliphatic carbocycles. The standard InChI is InChI=1S/C19H16ClNO/c1-3-13-5-7-14(8-6-13)19(22)16-11-21-17-9-4-12(2)10-15(17)18(16)20/h4-11H,3H2,1-2H3. The molecule has 0 bridgehead atoms. The molecule has 0 aliphatic rings. The van der Waals surface area contributed by atoms with E-state index in [2.05, 4.69) is 11.9 Å². The molecule has 0 atom stereocenters. The molecule has 0 aliphatic heterocycles. The van der Waals surface area contributed by atoms with Crippen LogP contribution in [0.4, 0.5) is 0 Å². The number of carbonyl (C=O) groups is 1. The molecular weight excluding hydrogens is 294 g/mol. The fourth-order valence-corrected chi connectivity index (χ4v) is 2.77. The van der Waals surface area contributed by atoms with E-state index in [4.69, 9.17) is 11.6 Å². The van der Waals surface area contributed by atoms with Crippen molar-refractivity contribution in [2.75, 3.05) is 0 Å². The molecule has 110 valence electrons. The van der Waals surface area contributed by atoms with Crippen LogP contribution in [0.2, 0.25) is 5.02 Å². The maximum Gasteiger partial charge on any atom is 0.196 e. The summed E-state index contributed by atoms with van der Waals surface area (Å²) >= 11 is 6.46. The highest BCUT2D eigenvalue weighted by atomic mass is 35.5. The second-order valence-electron chi connectivity index (χ2n) is 5.39. The maximum absolute atomic E-state index is 12.7. The monoisotopic (exact) mass is 309 g/mol. The third-order valence-corrected chi connectivity index (χ3v) is 4.23. The summed E-state index contributed by atoms with van der Waals surface area (Å²) in [4.78, 5) is 17.0. The summed E-state index contributed by atoms with van der Waals surface area (Å²) in [5, 5.41) is 1.29. The fraction of sp³-hybridized carbons (Fsp3) is 0.158. The summed E-state index contributed by atoms with van der Waals surface area (Å²) in [7, 11) is 0. The lowest BCUT2D eigenvalue weighted by atomic mass is 10.0. The van der Waals surface area contributed by atoms with Gasteiger partial charge in [0, 0.05) is 17.1 Å². The van der Waals surface area contributed by atoms with E-state index in [0.717, 1.165) is 22.9 Å². The van der Waals surface area contributed by atoms with Crippen LogP contribution >= 0.6 is 11.6 Å². The summed E-state index contributed by atoms with van der Waals surface area (Å²) in [6.45, 7) is 4.08. The average molecular weight is 310 g/mol. The summed E-state index contributed by atoms with van der Waals surface area (Å²) in [5.41, 5.74) is 4.17. The third-order valence-electron chi connectivity index (χ3n) is 3.83. The van der Waals surface area contributed by atoms with Crippen molar-refractivity contribution in [1.29, 1.82) is 0 Å². The predicted octanol–water partition coefficient (Wildman–Crippen LogP) is 4.99. The van der Waals surface area contributed by atoms with Gasteiger partial charge in [0.2, 0.25) is 0 Å². The smallest absolute Gasteiger partial charge is 0.196 e. The van der Waals surface area contributed by atoms with E-state index in [9.17, 15) is 4.79 Å². The molecule has 0 unspecified atom stereocenters. The average Bonchev–Trinajstić information content (AvgIpc) is 2.55. The van der Waals surface area contributed by atoms with Crippen LogP contribution in [0.3, 0.4) is 0 Å². The first-order valence-corrected chi connectivity index (χ1v) is 7.66. The van der Waals surface area contributed by atoms with Gasteiger partial charge >= 0.3 is 0 Å². The number of aromatic nitrogens is 1. The number of nitrogens with zero attached hydrogens (tertiary/aromatic N) is 1. The van der Waals surface area contributed by atoms with Crippen LogP contribution in [0, 0.1) is 6.92 Å². The van der Waals surface area contributed by atoms with E-state index < -0.39 is 0 Å². The van der Waals surface area contributed by atoms with Gasteiger partial charge in [-0.3, -0.25) is 9.78 Å². The van der Waals surface area contributed by atoms with Gasteiger partial charge in [0.1, 0.15) is 0 Å². The van der Waals surface area contributed by atoms with Gasteiger partial charge in [-0.05, 0) is 31.0 Å². The summed E-state index contributed by atoms with van der Waals surface area (Å²) in [6.07, 6.45) is 2.52. The van der Waals surface area contributed by atoms with Crippen LogP contribution in [0.25, 0.3) is 10.9 Å². The molecule has 0 saturated heterocycles. The Bertz CT molecular complexity index is 853. The second-order valence-corrected chi connectivity index (χ2v) is 5.76. The second kappa shape index (κ2) is 5.90. The Morgan fingerprint density at radius 1 is 1.14 bits per heavy atom. The lowest BCUT2D eigenvalue weighted by Gasteiger charge is -2.08. The van der Waals surface area contributed by atoms with E-state index in [-0.39, 0.29) is 5.78 Å². The van der Waals surface area contributed by atoms with Crippen LogP contribution in [0.1, 0.15) is 34.0 Å². The molecule has 3 heteroatoms. The molecule has 0 radical (unpaired) electrons. The van der Waals surface area contributed by atoms with Gasteiger partial charge in [-0.25, -0.2) is 0 Å². The number of ketones is 1. The Kier molecular flexibility index (Phi) is 3.95. The van der Waals surface area contributed by atoms with Gasteiger partial charge in [-0.2, -0.15) is 0 Å². The number of halogens is 1. The van der Waals surface area contributed by atoms with Crippen LogP contribution in [0.15, 0.2) is 48.7 Å². The highest BCUT2D eigenvalue weighted by molar-refractivity contribution is 6.39. The van der Waals surface area contributed by atoms with Crippen molar-refractivity contribution in [1.82, 2.24) is 4.98 Å². The van der Waals surface area contributed by atoms with Gasteiger partial charge in [0.15, 0.2) is 5.78 Å². The Labute approximate surface area is 134 Å². The van der Waals surface area contributed by atoms with Crippen molar-refractivity contribution in [3.05, 3.63) is 75.9 Å². The van der Waals surface area contributed by atoms with Gasteiger partial charge < -0.3 is 0 Å². The van der Waals surface area contributed by atoms with Crippen molar-refractivity contribution in [2.45, 2.75) is 20.3 Å². The highest BCUT2D eigenvalue weighted by Crippen LogP contribution is 2.28. The summed E-state index contributed by atoms with van der Waals surface area (Å²) < 4.78 is 0. The van der Waals surface area contributed by atoms with E-state index in [1.807, 2.05) is 49.4 Å². The van der Waals surface area contributed by atoms with Gasteiger partial charge in [0.05, 0.1) is 16.1 Å². The van der Waals surface area contributed by atoms with Gasteiger partial charge in [-0.15, -0.1) is 0 Å². The van der Waals surface area contributed by atoms with Crippen molar-refractivity contribution in [2.24, 2.45) is 0 Å².